The minimum atomic E-state index is -0.395. The van der Waals surface area contributed by atoms with E-state index in [4.69, 9.17) is 44.3 Å². The molecule has 0 bridgehead atoms. The van der Waals surface area contributed by atoms with Gasteiger partial charge in [0.1, 0.15) is 22.5 Å². The Kier molecular flexibility index (Phi) is 4.54. The highest BCUT2D eigenvalue weighted by atomic mass is 35.5. The van der Waals surface area contributed by atoms with Crippen molar-refractivity contribution in [3.8, 4) is 22.9 Å². The van der Waals surface area contributed by atoms with E-state index in [0.29, 0.717) is 28.0 Å². The Hall–Kier alpha value is -2.02. The summed E-state index contributed by atoms with van der Waals surface area (Å²) in [6.45, 7) is 0. The van der Waals surface area contributed by atoms with Crippen LogP contribution in [0.3, 0.4) is 0 Å². The predicted molar refractivity (Wildman–Crippen MR) is 93.7 cm³/mol. The average Bonchev–Trinajstić information content (AvgIpc) is 2.56. The molecule has 0 fully saturated rings. The second-order valence-corrected chi connectivity index (χ2v) is 5.87. The molecule has 0 atom stereocenters. The van der Waals surface area contributed by atoms with Crippen LogP contribution in [0, 0.1) is 0 Å². The summed E-state index contributed by atoms with van der Waals surface area (Å²) in [6.07, 6.45) is 1.40. The third-order valence-electron chi connectivity index (χ3n) is 3.37. The summed E-state index contributed by atoms with van der Waals surface area (Å²) in [5.41, 5.74) is 0.253. The molecule has 1 N–H and O–H groups in total. The van der Waals surface area contributed by atoms with Crippen molar-refractivity contribution in [2.75, 3.05) is 14.2 Å². The van der Waals surface area contributed by atoms with Crippen molar-refractivity contribution >= 4 is 45.7 Å². The zero-order valence-corrected chi connectivity index (χ0v) is 14.8. The molecule has 2 heterocycles. The number of aromatic nitrogens is 3. The van der Waals surface area contributed by atoms with Gasteiger partial charge in [0.2, 0.25) is 0 Å². The monoisotopic (exact) mass is 385 g/mol. The fourth-order valence-electron chi connectivity index (χ4n) is 2.23. The molecule has 0 spiro atoms. The lowest BCUT2D eigenvalue weighted by Crippen LogP contribution is -2.10. The summed E-state index contributed by atoms with van der Waals surface area (Å²) in [6, 6.07) is 2.98. The fourth-order valence-corrected chi connectivity index (χ4v) is 3.07. The topological polar surface area (TPSA) is 77.1 Å². The Bertz CT molecular complexity index is 976. The minimum absolute atomic E-state index is 0.170. The summed E-state index contributed by atoms with van der Waals surface area (Å²) in [5.74, 6) is 0.846. The maximum absolute atomic E-state index is 12.3. The second kappa shape index (κ2) is 6.47. The predicted octanol–water partition coefficient (Wildman–Crippen LogP) is 3.96. The molecule has 0 aliphatic rings. The van der Waals surface area contributed by atoms with Gasteiger partial charge in [0, 0.05) is 6.07 Å². The van der Waals surface area contributed by atoms with E-state index in [2.05, 4.69) is 15.0 Å². The van der Waals surface area contributed by atoms with E-state index in [1.165, 1.54) is 26.5 Å². The molecule has 3 rings (SSSR count). The van der Waals surface area contributed by atoms with Gasteiger partial charge in [-0.2, -0.15) is 0 Å². The van der Waals surface area contributed by atoms with E-state index in [1.54, 1.807) is 6.07 Å². The molecular formula is C15H10Cl3N3O3. The van der Waals surface area contributed by atoms with Gasteiger partial charge in [0.05, 0.1) is 46.9 Å². The molecular weight excluding hydrogens is 377 g/mol. The van der Waals surface area contributed by atoms with E-state index in [9.17, 15) is 4.79 Å². The number of ether oxygens (including phenoxy) is 2. The minimum Gasteiger partial charge on any atom is -0.495 e. The van der Waals surface area contributed by atoms with Gasteiger partial charge in [0.25, 0.3) is 5.56 Å². The highest BCUT2D eigenvalue weighted by Gasteiger charge is 2.21. The Labute approximate surface area is 151 Å². The molecule has 24 heavy (non-hydrogen) atoms. The van der Waals surface area contributed by atoms with E-state index >= 15 is 0 Å². The van der Waals surface area contributed by atoms with E-state index in [0.717, 1.165) is 0 Å². The summed E-state index contributed by atoms with van der Waals surface area (Å²) < 4.78 is 10.4. The highest BCUT2D eigenvalue weighted by Crippen LogP contribution is 2.44. The number of aromatic amines is 1. The maximum atomic E-state index is 12.3. The van der Waals surface area contributed by atoms with Gasteiger partial charge in [-0.05, 0) is 6.07 Å². The van der Waals surface area contributed by atoms with Crippen molar-refractivity contribution in [3.05, 3.63) is 43.9 Å². The quantitative estimate of drug-likeness (QED) is 0.689. The van der Waals surface area contributed by atoms with Crippen LogP contribution in [0.15, 0.2) is 23.1 Å². The summed E-state index contributed by atoms with van der Waals surface area (Å²) >= 11 is 18.5. The number of hydrogen-bond donors (Lipinski definition) is 1. The molecule has 0 saturated heterocycles. The van der Waals surface area contributed by atoms with Crippen LogP contribution in [0.25, 0.3) is 22.3 Å². The summed E-state index contributed by atoms with van der Waals surface area (Å²) in [4.78, 5) is 23.3. The largest absolute Gasteiger partial charge is 0.495 e. The van der Waals surface area contributed by atoms with Crippen molar-refractivity contribution in [1.82, 2.24) is 15.0 Å². The van der Waals surface area contributed by atoms with Gasteiger partial charge in [-0.15, -0.1) is 0 Å². The third kappa shape index (κ3) is 2.77. The number of H-pyrrole nitrogens is 1. The number of rotatable bonds is 3. The number of nitrogens with zero attached hydrogens (tertiary/aromatic N) is 2. The number of hydrogen-bond acceptors (Lipinski definition) is 5. The standard InChI is InChI=1S/C15H10Cl3N3O3/c1-23-8-4-9(24-2)13(18)11(12(8)17)14-20-7-5-19-10(16)3-6(7)15(22)21-14/h3-5H,1-2H3,(H,20,21,22). The maximum Gasteiger partial charge on any atom is 0.259 e. The lowest BCUT2D eigenvalue weighted by Gasteiger charge is -2.14. The number of methoxy groups -OCH3 is 2. The summed E-state index contributed by atoms with van der Waals surface area (Å²) in [7, 11) is 2.92. The van der Waals surface area contributed by atoms with Crippen LogP contribution in [-0.2, 0) is 0 Å². The fraction of sp³-hybridized carbons (Fsp3) is 0.133. The van der Waals surface area contributed by atoms with Crippen LogP contribution in [0.1, 0.15) is 0 Å². The van der Waals surface area contributed by atoms with Gasteiger partial charge in [0.15, 0.2) is 0 Å². The van der Waals surface area contributed by atoms with Gasteiger partial charge < -0.3 is 14.5 Å². The van der Waals surface area contributed by atoms with Crippen LogP contribution < -0.4 is 15.0 Å². The van der Waals surface area contributed by atoms with Gasteiger partial charge >= 0.3 is 0 Å². The number of nitrogens with one attached hydrogen (secondary N) is 1. The first kappa shape index (κ1) is 16.8. The van der Waals surface area contributed by atoms with Crippen molar-refractivity contribution in [2.45, 2.75) is 0 Å². The molecule has 0 unspecified atom stereocenters. The number of halogens is 3. The Morgan fingerprint density at radius 1 is 1.04 bits per heavy atom. The molecule has 0 radical (unpaired) electrons. The van der Waals surface area contributed by atoms with E-state index in [1.807, 2.05) is 0 Å². The molecule has 124 valence electrons. The molecule has 9 heteroatoms. The molecule has 1 aromatic carbocycles. The smallest absolute Gasteiger partial charge is 0.259 e. The highest BCUT2D eigenvalue weighted by molar-refractivity contribution is 6.41. The Morgan fingerprint density at radius 2 is 1.67 bits per heavy atom. The zero-order chi connectivity index (χ0) is 17.4. The summed E-state index contributed by atoms with van der Waals surface area (Å²) in [5, 5.41) is 0.906. The molecule has 2 aromatic heterocycles. The van der Waals surface area contributed by atoms with Crippen LogP contribution in [-0.4, -0.2) is 29.2 Å². The number of fused-ring (bicyclic) bond motifs is 1. The van der Waals surface area contributed by atoms with Crippen molar-refractivity contribution in [3.63, 3.8) is 0 Å². The van der Waals surface area contributed by atoms with Crippen molar-refractivity contribution < 1.29 is 9.47 Å². The van der Waals surface area contributed by atoms with E-state index < -0.39 is 5.56 Å². The second-order valence-electron chi connectivity index (χ2n) is 4.72. The van der Waals surface area contributed by atoms with E-state index in [-0.39, 0.29) is 21.0 Å². The van der Waals surface area contributed by atoms with Crippen molar-refractivity contribution in [2.24, 2.45) is 0 Å². The molecule has 6 nitrogen and oxygen atoms in total. The zero-order valence-electron chi connectivity index (χ0n) is 12.5. The van der Waals surface area contributed by atoms with Gasteiger partial charge in [-0.1, -0.05) is 34.8 Å². The molecule has 3 aromatic rings. The lowest BCUT2D eigenvalue weighted by molar-refractivity contribution is 0.395. The third-order valence-corrected chi connectivity index (χ3v) is 4.33. The Morgan fingerprint density at radius 3 is 2.25 bits per heavy atom. The average molecular weight is 387 g/mol. The number of benzene rings is 1. The van der Waals surface area contributed by atoms with Gasteiger partial charge in [-0.3, -0.25) is 4.79 Å². The normalized spacial score (nSPS) is 10.9. The lowest BCUT2D eigenvalue weighted by atomic mass is 10.1. The van der Waals surface area contributed by atoms with Crippen LogP contribution in [0.2, 0.25) is 15.2 Å². The van der Waals surface area contributed by atoms with Crippen molar-refractivity contribution in [1.29, 1.82) is 0 Å². The molecule has 0 amide bonds. The van der Waals surface area contributed by atoms with Crippen LogP contribution >= 0.6 is 34.8 Å². The first-order chi connectivity index (χ1) is 11.5. The Balaban J connectivity index is 2.35. The first-order valence-electron chi connectivity index (χ1n) is 6.62. The molecule has 0 saturated carbocycles. The first-order valence-corrected chi connectivity index (χ1v) is 7.75. The van der Waals surface area contributed by atoms with Crippen LogP contribution in [0.5, 0.6) is 11.5 Å². The SMILES string of the molecule is COc1cc(OC)c(Cl)c(-c2nc3cnc(Cl)cc3c(=O)[nH]2)c1Cl. The number of pyridine rings is 1. The van der Waals surface area contributed by atoms with Crippen LogP contribution in [0.4, 0.5) is 0 Å². The molecule has 0 aliphatic heterocycles. The van der Waals surface area contributed by atoms with Gasteiger partial charge in [-0.25, -0.2) is 9.97 Å². The molecule has 0 aliphatic carbocycles.